The van der Waals surface area contributed by atoms with Gasteiger partial charge in [-0.15, -0.1) is 0 Å². The van der Waals surface area contributed by atoms with Crippen molar-refractivity contribution in [2.24, 2.45) is 0 Å². The lowest BCUT2D eigenvalue weighted by atomic mass is 10.3. The fraction of sp³-hybridized carbons (Fsp3) is 0.385. The Balaban J connectivity index is 2.04. The maximum absolute atomic E-state index is 5.29. The molecule has 2 aromatic rings. The number of methoxy groups -OCH3 is 1. The number of hydrogen-bond donors (Lipinski definition) is 1. The fourth-order valence-electron chi connectivity index (χ4n) is 1.79. The van der Waals surface area contributed by atoms with Crippen LogP contribution < -0.4 is 10.1 Å². The van der Waals surface area contributed by atoms with Gasteiger partial charge in [-0.25, -0.2) is 9.67 Å². The highest BCUT2D eigenvalue weighted by Gasteiger charge is 2.05. The molecule has 2 rings (SSSR count). The molecule has 5 nitrogen and oxygen atoms in total. The first-order chi connectivity index (χ1) is 8.85. The second-order valence-corrected chi connectivity index (χ2v) is 3.95. The molecule has 1 aromatic heterocycles. The van der Waals surface area contributed by atoms with Gasteiger partial charge in [0.2, 0.25) is 0 Å². The van der Waals surface area contributed by atoms with Gasteiger partial charge < -0.3 is 10.1 Å². The van der Waals surface area contributed by atoms with E-state index < -0.39 is 0 Å². The average molecular weight is 246 g/mol. The molecule has 0 amide bonds. The summed E-state index contributed by atoms with van der Waals surface area (Å²) in [7, 11) is 1.67. The van der Waals surface area contributed by atoms with Crippen molar-refractivity contribution < 1.29 is 4.74 Å². The average Bonchev–Trinajstić information content (AvgIpc) is 2.84. The maximum atomic E-state index is 5.29. The van der Waals surface area contributed by atoms with E-state index in [-0.39, 0.29) is 0 Å². The summed E-state index contributed by atoms with van der Waals surface area (Å²) in [6, 6.07) is 7.84. The lowest BCUT2D eigenvalue weighted by molar-refractivity contribution is 0.416. The number of hydrogen-bond acceptors (Lipinski definition) is 4. The van der Waals surface area contributed by atoms with Crippen LogP contribution in [-0.4, -0.2) is 21.9 Å². The van der Waals surface area contributed by atoms with Crippen molar-refractivity contribution >= 4 is 5.69 Å². The normalized spacial score (nSPS) is 10.3. The number of anilines is 1. The van der Waals surface area contributed by atoms with Crippen molar-refractivity contribution in [3.63, 3.8) is 0 Å². The third kappa shape index (κ3) is 2.80. The molecule has 1 aromatic carbocycles. The van der Waals surface area contributed by atoms with Crippen LogP contribution in [0, 0.1) is 0 Å². The van der Waals surface area contributed by atoms with Crippen LogP contribution in [0.1, 0.15) is 19.2 Å². The largest absolute Gasteiger partial charge is 0.495 e. The van der Waals surface area contributed by atoms with Crippen molar-refractivity contribution in [3.8, 4) is 5.75 Å². The predicted octanol–water partition coefficient (Wildman–Crippen LogP) is 2.31. The topological polar surface area (TPSA) is 52.0 Å². The van der Waals surface area contributed by atoms with E-state index in [1.165, 1.54) is 0 Å². The number of benzene rings is 1. The number of aryl methyl sites for hydroxylation is 1. The number of nitrogens with one attached hydrogen (secondary N) is 1. The van der Waals surface area contributed by atoms with Crippen LogP contribution in [0.3, 0.4) is 0 Å². The van der Waals surface area contributed by atoms with Crippen LogP contribution >= 0.6 is 0 Å². The lowest BCUT2D eigenvalue weighted by Gasteiger charge is -2.11. The van der Waals surface area contributed by atoms with E-state index >= 15 is 0 Å². The van der Waals surface area contributed by atoms with Crippen LogP contribution in [-0.2, 0) is 13.1 Å². The van der Waals surface area contributed by atoms with Gasteiger partial charge in [-0.05, 0) is 18.6 Å². The van der Waals surface area contributed by atoms with Gasteiger partial charge in [0.15, 0.2) is 0 Å². The molecular formula is C13H18N4O. The number of rotatable bonds is 6. The van der Waals surface area contributed by atoms with Gasteiger partial charge in [0, 0.05) is 6.54 Å². The maximum Gasteiger partial charge on any atom is 0.146 e. The van der Waals surface area contributed by atoms with Crippen molar-refractivity contribution in [3.05, 3.63) is 36.4 Å². The first kappa shape index (κ1) is 12.4. The van der Waals surface area contributed by atoms with E-state index in [4.69, 9.17) is 4.74 Å². The highest BCUT2D eigenvalue weighted by atomic mass is 16.5. The van der Waals surface area contributed by atoms with Crippen LogP contribution in [0.4, 0.5) is 5.69 Å². The number of ether oxygens (including phenoxy) is 1. The first-order valence-electron chi connectivity index (χ1n) is 6.08. The summed E-state index contributed by atoms with van der Waals surface area (Å²) in [5.74, 6) is 1.77. The molecule has 0 spiro atoms. The summed E-state index contributed by atoms with van der Waals surface area (Å²) in [6.07, 6.45) is 2.64. The van der Waals surface area contributed by atoms with E-state index in [9.17, 15) is 0 Å². The van der Waals surface area contributed by atoms with Crippen molar-refractivity contribution in [1.82, 2.24) is 14.8 Å². The second kappa shape index (κ2) is 6.05. The Kier molecular flexibility index (Phi) is 4.17. The van der Waals surface area contributed by atoms with E-state index in [2.05, 4.69) is 22.3 Å². The zero-order valence-corrected chi connectivity index (χ0v) is 10.8. The van der Waals surface area contributed by atoms with Gasteiger partial charge >= 0.3 is 0 Å². The molecule has 0 bridgehead atoms. The summed E-state index contributed by atoms with van der Waals surface area (Å²) in [5.41, 5.74) is 0.964. The van der Waals surface area contributed by atoms with E-state index in [0.717, 1.165) is 30.2 Å². The Morgan fingerprint density at radius 1 is 1.33 bits per heavy atom. The minimum atomic E-state index is 0.639. The Hall–Kier alpha value is -2.04. The summed E-state index contributed by atoms with van der Waals surface area (Å²) < 4.78 is 7.21. The van der Waals surface area contributed by atoms with Crippen LogP contribution in [0.5, 0.6) is 5.75 Å². The minimum Gasteiger partial charge on any atom is -0.495 e. The summed E-state index contributed by atoms with van der Waals surface area (Å²) >= 11 is 0. The fourth-order valence-corrected chi connectivity index (χ4v) is 1.79. The zero-order valence-electron chi connectivity index (χ0n) is 10.8. The highest BCUT2D eigenvalue weighted by Crippen LogP contribution is 2.23. The summed E-state index contributed by atoms with van der Waals surface area (Å²) in [6.45, 7) is 3.66. The molecule has 1 N–H and O–H groups in total. The predicted molar refractivity (Wildman–Crippen MR) is 70.6 cm³/mol. The number of nitrogens with zero attached hydrogens (tertiary/aromatic N) is 3. The SMILES string of the molecule is CCCn1ncnc1CNc1ccccc1OC. The highest BCUT2D eigenvalue weighted by molar-refractivity contribution is 5.55. The monoisotopic (exact) mass is 246 g/mol. The van der Waals surface area contributed by atoms with Crippen LogP contribution in [0.25, 0.3) is 0 Å². The van der Waals surface area contributed by atoms with E-state index in [1.807, 2.05) is 28.9 Å². The molecule has 0 aliphatic rings. The molecule has 0 fully saturated rings. The molecule has 0 aliphatic carbocycles. The molecule has 0 unspecified atom stereocenters. The lowest BCUT2D eigenvalue weighted by Crippen LogP contribution is -2.10. The molecule has 0 atom stereocenters. The third-order valence-electron chi connectivity index (χ3n) is 2.68. The molecule has 0 saturated carbocycles. The number of aromatic nitrogens is 3. The van der Waals surface area contributed by atoms with Crippen molar-refractivity contribution in [2.75, 3.05) is 12.4 Å². The standard InChI is InChI=1S/C13H18N4O/c1-3-8-17-13(15-10-16-17)9-14-11-6-4-5-7-12(11)18-2/h4-7,10,14H,3,8-9H2,1-2H3. The Bertz CT molecular complexity index is 495. The molecule has 0 radical (unpaired) electrons. The molecule has 1 heterocycles. The second-order valence-electron chi connectivity index (χ2n) is 3.95. The van der Waals surface area contributed by atoms with Gasteiger partial charge in [-0.1, -0.05) is 19.1 Å². The minimum absolute atomic E-state index is 0.639. The summed E-state index contributed by atoms with van der Waals surface area (Å²) in [4.78, 5) is 4.25. The summed E-state index contributed by atoms with van der Waals surface area (Å²) in [5, 5.41) is 7.51. The van der Waals surface area contributed by atoms with Crippen LogP contribution in [0.2, 0.25) is 0 Å². The van der Waals surface area contributed by atoms with Gasteiger partial charge in [-0.3, -0.25) is 0 Å². The molecule has 5 heteroatoms. The Morgan fingerprint density at radius 3 is 2.94 bits per heavy atom. The Labute approximate surface area is 107 Å². The number of para-hydroxylation sites is 2. The Morgan fingerprint density at radius 2 is 2.17 bits per heavy atom. The van der Waals surface area contributed by atoms with Crippen molar-refractivity contribution in [2.45, 2.75) is 26.4 Å². The molecule has 0 saturated heterocycles. The molecule has 0 aliphatic heterocycles. The molecular weight excluding hydrogens is 228 g/mol. The van der Waals surface area contributed by atoms with Gasteiger partial charge in [0.1, 0.15) is 17.9 Å². The van der Waals surface area contributed by atoms with Gasteiger partial charge in [-0.2, -0.15) is 5.10 Å². The third-order valence-corrected chi connectivity index (χ3v) is 2.68. The smallest absolute Gasteiger partial charge is 0.146 e. The zero-order chi connectivity index (χ0) is 12.8. The first-order valence-corrected chi connectivity index (χ1v) is 6.08. The quantitative estimate of drug-likeness (QED) is 0.849. The molecule has 96 valence electrons. The molecule has 18 heavy (non-hydrogen) atoms. The van der Waals surface area contributed by atoms with E-state index in [1.54, 1.807) is 13.4 Å². The van der Waals surface area contributed by atoms with Gasteiger partial charge in [0.25, 0.3) is 0 Å². The van der Waals surface area contributed by atoms with Gasteiger partial charge in [0.05, 0.1) is 19.3 Å². The van der Waals surface area contributed by atoms with E-state index in [0.29, 0.717) is 6.54 Å². The van der Waals surface area contributed by atoms with Crippen LogP contribution in [0.15, 0.2) is 30.6 Å². The van der Waals surface area contributed by atoms with Crippen molar-refractivity contribution in [1.29, 1.82) is 0 Å².